The molecule has 1 aliphatic heterocycles. The number of nitrogens with one attached hydrogen (secondary N) is 1. The van der Waals surface area contributed by atoms with Gasteiger partial charge < -0.3 is 14.6 Å². The molecule has 35 heavy (non-hydrogen) atoms. The number of furan rings is 1. The Morgan fingerprint density at radius 2 is 1.80 bits per heavy atom. The molecule has 2 aromatic carbocycles. The van der Waals surface area contributed by atoms with Gasteiger partial charge in [0.2, 0.25) is 0 Å². The monoisotopic (exact) mass is 474 g/mol. The Kier molecular flexibility index (Phi) is 6.68. The van der Waals surface area contributed by atoms with Crippen LogP contribution in [-0.4, -0.2) is 23.6 Å². The van der Waals surface area contributed by atoms with Gasteiger partial charge in [-0.15, -0.1) is 5.10 Å². The van der Waals surface area contributed by atoms with Gasteiger partial charge in [-0.1, -0.05) is 19.0 Å². The van der Waals surface area contributed by atoms with Crippen molar-refractivity contribution in [3.05, 3.63) is 86.9 Å². The van der Waals surface area contributed by atoms with E-state index in [-0.39, 0.29) is 16.5 Å². The number of allylic oxidation sites excluding steroid dienone is 1. The Morgan fingerprint density at radius 3 is 2.43 bits per heavy atom. The van der Waals surface area contributed by atoms with E-state index in [2.05, 4.69) is 10.4 Å². The first kappa shape index (κ1) is 23.7. The van der Waals surface area contributed by atoms with Crippen LogP contribution in [-0.2, 0) is 17.7 Å². The van der Waals surface area contributed by atoms with Gasteiger partial charge in [0, 0.05) is 24.8 Å². The summed E-state index contributed by atoms with van der Waals surface area (Å²) >= 11 is 0. The molecule has 0 fully saturated rings. The van der Waals surface area contributed by atoms with Crippen LogP contribution in [0.3, 0.4) is 0 Å². The highest BCUT2D eigenvalue weighted by Crippen LogP contribution is 2.35. The van der Waals surface area contributed by atoms with Gasteiger partial charge in [0.15, 0.2) is 5.76 Å². The zero-order chi connectivity index (χ0) is 25.1. The molecule has 0 atom stereocenters. The number of nitro benzene ring substituents is 1. The number of amides is 1. The first-order valence-electron chi connectivity index (χ1n) is 11.3. The van der Waals surface area contributed by atoms with Gasteiger partial charge in [-0.05, 0) is 73.4 Å². The summed E-state index contributed by atoms with van der Waals surface area (Å²) < 4.78 is 5.96. The molecule has 0 unspecified atom stereocenters. The van der Waals surface area contributed by atoms with Crippen molar-refractivity contribution in [2.75, 3.05) is 12.2 Å². The minimum Gasteiger partial charge on any atom is -0.456 e. The van der Waals surface area contributed by atoms with E-state index in [1.165, 1.54) is 5.17 Å². The highest BCUT2D eigenvalue weighted by molar-refractivity contribution is 6.02. The maximum atomic E-state index is 11.7. The Hall–Kier alpha value is -4.40. The average molecular weight is 475 g/mol. The average Bonchev–Trinajstić information content (AvgIpc) is 3.49. The largest absolute Gasteiger partial charge is 0.456 e. The predicted molar refractivity (Wildman–Crippen MR) is 134 cm³/mol. The number of hydrazone groups is 1. The van der Waals surface area contributed by atoms with Crippen LogP contribution >= 0.6 is 0 Å². The maximum absolute atomic E-state index is 11.7. The molecular formula is C26H26N4O5. The van der Waals surface area contributed by atoms with Crippen molar-refractivity contribution in [3.63, 3.8) is 0 Å². The highest BCUT2D eigenvalue weighted by Gasteiger charge is 2.23. The van der Waals surface area contributed by atoms with Crippen LogP contribution in [0.1, 0.15) is 48.0 Å². The first-order chi connectivity index (χ1) is 16.8. The predicted octanol–water partition coefficient (Wildman–Crippen LogP) is 5.51. The fourth-order valence-electron chi connectivity index (χ4n) is 3.88. The molecule has 0 bridgehead atoms. The van der Waals surface area contributed by atoms with Crippen molar-refractivity contribution in [1.82, 2.24) is 5.32 Å². The lowest BCUT2D eigenvalue weighted by Gasteiger charge is -2.13. The van der Waals surface area contributed by atoms with Crippen molar-refractivity contribution in [3.8, 4) is 11.3 Å². The molecule has 1 aliphatic rings. The number of carbonyl (C=O) groups excluding carboxylic acids is 1. The molecule has 0 saturated heterocycles. The molecular weight excluding hydrogens is 448 g/mol. The topological polar surface area (TPSA) is 110 Å². The third-order valence-corrected chi connectivity index (χ3v) is 5.80. The van der Waals surface area contributed by atoms with Crippen LogP contribution in [0, 0.1) is 10.1 Å². The lowest BCUT2D eigenvalue weighted by atomic mass is 9.97. The third kappa shape index (κ3) is 4.79. The van der Waals surface area contributed by atoms with E-state index in [0.29, 0.717) is 39.8 Å². The summed E-state index contributed by atoms with van der Waals surface area (Å²) in [5.74, 6) is 1.19. The second-order valence-corrected chi connectivity index (χ2v) is 7.99. The van der Waals surface area contributed by atoms with E-state index in [1.54, 1.807) is 62.5 Å². The van der Waals surface area contributed by atoms with Crippen molar-refractivity contribution in [2.24, 2.45) is 5.10 Å². The summed E-state index contributed by atoms with van der Waals surface area (Å²) in [4.78, 5) is 28.9. The van der Waals surface area contributed by atoms with Crippen molar-refractivity contribution in [1.29, 1.82) is 0 Å². The molecule has 0 radical (unpaired) electrons. The molecule has 2 heterocycles. The van der Waals surface area contributed by atoms with Crippen LogP contribution in [0.5, 0.6) is 0 Å². The van der Waals surface area contributed by atoms with E-state index in [4.69, 9.17) is 9.25 Å². The molecule has 1 amide bonds. The van der Waals surface area contributed by atoms with Gasteiger partial charge >= 0.3 is 0 Å². The third-order valence-electron chi connectivity index (χ3n) is 5.80. The summed E-state index contributed by atoms with van der Waals surface area (Å²) in [6, 6.07) is 13.8. The quantitative estimate of drug-likeness (QED) is 0.357. The lowest BCUT2D eigenvalue weighted by molar-refractivity contribution is -0.384. The van der Waals surface area contributed by atoms with E-state index >= 15 is 0 Å². The van der Waals surface area contributed by atoms with E-state index in [0.717, 1.165) is 24.0 Å². The minimum atomic E-state index is -0.376. The Labute approximate surface area is 202 Å². The second kappa shape index (κ2) is 9.84. The van der Waals surface area contributed by atoms with Gasteiger partial charge in [-0.2, -0.15) is 0 Å². The highest BCUT2D eigenvalue weighted by atomic mass is 16.7. The van der Waals surface area contributed by atoms with Crippen molar-refractivity contribution >= 4 is 29.1 Å². The zero-order valence-electron chi connectivity index (χ0n) is 20.0. The molecule has 1 aromatic heterocycles. The standard InChI is InChI=1S/C26H26N4O5/c1-5-17-13-22(23(30(32)33)14-18(17)6-2)24-12-11-21(34-24)15-25-16(3)28-29(35-25)20-9-7-19(8-10-20)26(31)27-4/h7-15H,5-6H2,1-4H3,(H,27,31). The number of nitro groups is 1. The maximum Gasteiger partial charge on any atom is 0.280 e. The van der Waals surface area contributed by atoms with Gasteiger partial charge in [-0.3, -0.25) is 14.9 Å². The van der Waals surface area contributed by atoms with Gasteiger partial charge in [0.05, 0.1) is 10.5 Å². The fourth-order valence-corrected chi connectivity index (χ4v) is 3.88. The zero-order valence-corrected chi connectivity index (χ0v) is 20.0. The smallest absolute Gasteiger partial charge is 0.280 e. The molecule has 180 valence electrons. The Bertz CT molecular complexity index is 1340. The first-order valence-corrected chi connectivity index (χ1v) is 11.3. The molecule has 0 saturated carbocycles. The summed E-state index contributed by atoms with van der Waals surface area (Å²) in [7, 11) is 1.58. The summed E-state index contributed by atoms with van der Waals surface area (Å²) in [6.07, 6.45) is 3.18. The summed E-state index contributed by atoms with van der Waals surface area (Å²) in [5.41, 5.74) is 4.31. The second-order valence-electron chi connectivity index (χ2n) is 7.99. The number of rotatable bonds is 7. The Balaban J connectivity index is 1.59. The lowest BCUT2D eigenvalue weighted by Crippen LogP contribution is -2.18. The number of hydrogen-bond donors (Lipinski definition) is 1. The van der Waals surface area contributed by atoms with E-state index in [9.17, 15) is 14.9 Å². The normalized spacial score (nSPS) is 14.1. The summed E-state index contributed by atoms with van der Waals surface area (Å²) in [5, 5.41) is 20.1. The van der Waals surface area contributed by atoms with E-state index in [1.807, 2.05) is 19.9 Å². The molecule has 9 nitrogen and oxygen atoms in total. The fraction of sp³-hybridized carbons (Fsp3) is 0.231. The number of anilines is 1. The minimum absolute atomic E-state index is 0.0221. The van der Waals surface area contributed by atoms with Gasteiger partial charge in [0.25, 0.3) is 11.6 Å². The van der Waals surface area contributed by atoms with Crippen molar-refractivity contribution in [2.45, 2.75) is 33.6 Å². The van der Waals surface area contributed by atoms with Crippen LogP contribution in [0.15, 0.2) is 63.8 Å². The number of carbonyl (C=O) groups is 1. The molecule has 0 spiro atoms. The van der Waals surface area contributed by atoms with Crippen LogP contribution in [0.4, 0.5) is 11.4 Å². The number of nitrogens with zero attached hydrogens (tertiary/aromatic N) is 3. The molecule has 3 aromatic rings. The molecule has 0 aliphatic carbocycles. The summed E-state index contributed by atoms with van der Waals surface area (Å²) in [6.45, 7) is 5.82. The van der Waals surface area contributed by atoms with E-state index < -0.39 is 0 Å². The number of hydrogen-bond acceptors (Lipinski definition) is 7. The number of aryl methyl sites for hydroxylation is 2. The van der Waals surface area contributed by atoms with Crippen molar-refractivity contribution < 1.29 is 19.0 Å². The molecule has 4 rings (SSSR count). The molecule has 1 N–H and O–H groups in total. The van der Waals surface area contributed by atoms with Crippen LogP contribution in [0.25, 0.3) is 17.4 Å². The van der Waals surface area contributed by atoms with Gasteiger partial charge in [-0.25, -0.2) is 0 Å². The SMILES string of the molecule is CCc1cc(-c2ccc(C=C3ON(c4ccc(C(=O)NC)cc4)N=C3C)o2)c([N+](=O)[O-])cc1CC. The molecule has 9 heteroatoms. The Morgan fingerprint density at radius 1 is 1.11 bits per heavy atom. The van der Waals surface area contributed by atoms with Gasteiger partial charge in [0.1, 0.15) is 22.9 Å². The van der Waals surface area contributed by atoms with Crippen LogP contribution < -0.4 is 10.5 Å². The van der Waals surface area contributed by atoms with Crippen LogP contribution in [0.2, 0.25) is 0 Å². The number of benzene rings is 2.